The van der Waals surface area contributed by atoms with Crippen LogP contribution in [0.5, 0.6) is 0 Å². The van der Waals surface area contributed by atoms with Crippen molar-refractivity contribution in [2.45, 2.75) is 12.2 Å². The molecule has 1 aromatic heterocycles. The summed E-state index contributed by atoms with van der Waals surface area (Å²) in [7, 11) is -0.741. The minimum Gasteiger partial charge on any atom is -0.316 e. The first-order valence-electron chi connectivity index (χ1n) is 5.29. The van der Waals surface area contributed by atoms with Crippen molar-refractivity contribution < 1.29 is 4.21 Å². The Bertz CT molecular complexity index is 328. The molecule has 2 atom stereocenters. The van der Waals surface area contributed by atoms with Gasteiger partial charge in [-0.15, -0.1) is 12.4 Å². The zero-order valence-corrected chi connectivity index (χ0v) is 10.7. The van der Waals surface area contributed by atoms with E-state index in [0.717, 1.165) is 24.4 Å². The summed E-state index contributed by atoms with van der Waals surface area (Å²) in [6.45, 7) is 2.10. The van der Waals surface area contributed by atoms with Crippen LogP contribution in [-0.2, 0) is 16.6 Å². The first-order chi connectivity index (χ1) is 7.34. The normalized spacial score (nSPS) is 21.4. The predicted octanol–water partition coefficient (Wildman–Crippen LogP) is 1.36. The van der Waals surface area contributed by atoms with Gasteiger partial charge in [-0.05, 0) is 37.1 Å². The van der Waals surface area contributed by atoms with E-state index < -0.39 is 10.8 Å². The van der Waals surface area contributed by atoms with Crippen LogP contribution in [0.3, 0.4) is 0 Å². The molecule has 0 amide bonds. The molecule has 1 fully saturated rings. The van der Waals surface area contributed by atoms with Crippen molar-refractivity contribution in [1.29, 1.82) is 0 Å². The van der Waals surface area contributed by atoms with Gasteiger partial charge in [0.25, 0.3) is 0 Å². The quantitative estimate of drug-likeness (QED) is 0.889. The lowest BCUT2D eigenvalue weighted by Crippen LogP contribution is -2.15. The number of hydrogen-bond donors (Lipinski definition) is 1. The fourth-order valence-corrected chi connectivity index (χ4v) is 3.32. The molecule has 0 aromatic carbocycles. The third-order valence-corrected chi connectivity index (χ3v) is 4.13. The topological polar surface area (TPSA) is 42.0 Å². The standard InChI is InChI=1S/C11H16N2OS.ClH/c14-15(9-11-3-5-13-7-11)8-10-2-1-4-12-6-10;/h1-2,4,6,11,13H,3,5,7-9H2;1H. The number of rotatable bonds is 4. The van der Waals surface area contributed by atoms with Crippen molar-refractivity contribution in [2.75, 3.05) is 18.8 Å². The lowest BCUT2D eigenvalue weighted by atomic mass is 10.2. The first kappa shape index (κ1) is 13.6. The second-order valence-corrected chi connectivity index (χ2v) is 5.47. The van der Waals surface area contributed by atoms with E-state index in [9.17, 15) is 4.21 Å². The molecular formula is C11H17ClN2OS. The number of halogens is 1. The molecule has 1 aliphatic heterocycles. The highest BCUT2D eigenvalue weighted by Crippen LogP contribution is 2.11. The van der Waals surface area contributed by atoms with Crippen LogP contribution in [0.15, 0.2) is 24.5 Å². The number of nitrogens with zero attached hydrogens (tertiary/aromatic N) is 1. The summed E-state index contributed by atoms with van der Waals surface area (Å²) in [5.74, 6) is 2.06. The average molecular weight is 261 g/mol. The van der Waals surface area contributed by atoms with Crippen LogP contribution in [0.4, 0.5) is 0 Å². The van der Waals surface area contributed by atoms with Gasteiger partial charge in [-0.1, -0.05) is 6.07 Å². The molecule has 0 aliphatic carbocycles. The van der Waals surface area contributed by atoms with E-state index >= 15 is 0 Å². The van der Waals surface area contributed by atoms with Crippen molar-refractivity contribution in [3.8, 4) is 0 Å². The van der Waals surface area contributed by atoms with E-state index in [1.807, 2.05) is 12.1 Å². The molecule has 1 aromatic rings. The first-order valence-corrected chi connectivity index (χ1v) is 6.78. The molecule has 0 radical (unpaired) electrons. The Balaban J connectivity index is 0.00000128. The van der Waals surface area contributed by atoms with Crippen LogP contribution in [0.2, 0.25) is 0 Å². The smallest absolute Gasteiger partial charge is 0.0500 e. The van der Waals surface area contributed by atoms with Gasteiger partial charge in [-0.2, -0.15) is 0 Å². The number of pyridine rings is 1. The lowest BCUT2D eigenvalue weighted by molar-refractivity contribution is 0.632. The second kappa shape index (κ2) is 6.99. The zero-order valence-electron chi connectivity index (χ0n) is 9.09. The van der Waals surface area contributed by atoms with Gasteiger partial charge in [-0.25, -0.2) is 0 Å². The van der Waals surface area contributed by atoms with E-state index in [4.69, 9.17) is 0 Å². The van der Waals surface area contributed by atoms with Gasteiger partial charge in [0.2, 0.25) is 0 Å². The Hall–Kier alpha value is -0.450. The van der Waals surface area contributed by atoms with Gasteiger partial charge in [0.15, 0.2) is 0 Å². The molecule has 16 heavy (non-hydrogen) atoms. The number of nitrogens with one attached hydrogen (secondary N) is 1. The molecule has 3 nitrogen and oxygen atoms in total. The maximum absolute atomic E-state index is 11.8. The van der Waals surface area contributed by atoms with Gasteiger partial charge < -0.3 is 5.32 Å². The molecule has 2 unspecified atom stereocenters. The fraction of sp³-hybridized carbons (Fsp3) is 0.545. The molecule has 90 valence electrons. The summed E-state index contributed by atoms with van der Waals surface area (Å²) in [5, 5.41) is 3.29. The van der Waals surface area contributed by atoms with Crippen LogP contribution in [0, 0.1) is 5.92 Å². The minimum absolute atomic E-state index is 0. The van der Waals surface area contributed by atoms with Gasteiger partial charge in [0.1, 0.15) is 0 Å². The third-order valence-electron chi connectivity index (χ3n) is 2.63. The van der Waals surface area contributed by atoms with Crippen molar-refractivity contribution in [3.63, 3.8) is 0 Å². The van der Waals surface area contributed by atoms with Crippen LogP contribution >= 0.6 is 12.4 Å². The van der Waals surface area contributed by atoms with Crippen LogP contribution in [0.1, 0.15) is 12.0 Å². The Morgan fingerprint density at radius 3 is 3.06 bits per heavy atom. The summed E-state index contributed by atoms with van der Waals surface area (Å²) in [5.41, 5.74) is 1.07. The Morgan fingerprint density at radius 2 is 2.44 bits per heavy atom. The molecule has 0 saturated carbocycles. The van der Waals surface area contributed by atoms with Gasteiger partial charge >= 0.3 is 0 Å². The molecule has 0 bridgehead atoms. The second-order valence-electron chi connectivity index (χ2n) is 3.97. The molecule has 0 spiro atoms. The van der Waals surface area contributed by atoms with Gasteiger partial charge in [-0.3, -0.25) is 9.19 Å². The average Bonchev–Trinajstić information content (AvgIpc) is 2.71. The Morgan fingerprint density at radius 1 is 1.56 bits per heavy atom. The highest BCUT2D eigenvalue weighted by atomic mass is 35.5. The SMILES string of the molecule is Cl.O=S(Cc1cccnc1)CC1CCNC1. The Labute approximate surface area is 105 Å². The largest absolute Gasteiger partial charge is 0.316 e. The monoisotopic (exact) mass is 260 g/mol. The van der Waals surface area contributed by atoms with E-state index in [1.165, 1.54) is 6.42 Å². The summed E-state index contributed by atoms with van der Waals surface area (Å²) < 4.78 is 11.8. The van der Waals surface area contributed by atoms with E-state index in [0.29, 0.717) is 11.7 Å². The molecular weight excluding hydrogens is 244 g/mol. The summed E-state index contributed by atoms with van der Waals surface area (Å²) >= 11 is 0. The van der Waals surface area contributed by atoms with Crippen LogP contribution < -0.4 is 5.32 Å². The van der Waals surface area contributed by atoms with Gasteiger partial charge in [0.05, 0.1) is 5.75 Å². The van der Waals surface area contributed by atoms with E-state index in [-0.39, 0.29) is 12.4 Å². The molecule has 2 rings (SSSR count). The number of aromatic nitrogens is 1. The maximum Gasteiger partial charge on any atom is 0.0500 e. The predicted molar refractivity (Wildman–Crippen MR) is 69.2 cm³/mol. The highest BCUT2D eigenvalue weighted by molar-refractivity contribution is 7.84. The van der Waals surface area contributed by atoms with Crippen LogP contribution in [0.25, 0.3) is 0 Å². The Kier molecular flexibility index (Phi) is 5.95. The summed E-state index contributed by atoms with van der Waals surface area (Å²) in [4.78, 5) is 4.02. The minimum atomic E-state index is -0.741. The lowest BCUT2D eigenvalue weighted by Gasteiger charge is -2.07. The molecule has 2 heterocycles. The summed E-state index contributed by atoms with van der Waals surface area (Å²) in [6.07, 6.45) is 4.71. The van der Waals surface area contributed by atoms with Crippen molar-refractivity contribution >= 4 is 23.2 Å². The van der Waals surface area contributed by atoms with Crippen molar-refractivity contribution in [2.24, 2.45) is 5.92 Å². The summed E-state index contributed by atoms with van der Waals surface area (Å²) in [6, 6.07) is 3.88. The zero-order chi connectivity index (χ0) is 10.5. The molecule has 1 N–H and O–H groups in total. The van der Waals surface area contributed by atoms with E-state index in [2.05, 4.69) is 10.3 Å². The highest BCUT2D eigenvalue weighted by Gasteiger charge is 2.17. The van der Waals surface area contributed by atoms with Crippen molar-refractivity contribution in [3.05, 3.63) is 30.1 Å². The van der Waals surface area contributed by atoms with Crippen LogP contribution in [-0.4, -0.2) is 28.0 Å². The van der Waals surface area contributed by atoms with Crippen molar-refractivity contribution in [1.82, 2.24) is 10.3 Å². The molecule has 1 aliphatic rings. The fourth-order valence-electron chi connectivity index (χ4n) is 1.85. The maximum atomic E-state index is 11.8. The third kappa shape index (κ3) is 4.20. The van der Waals surface area contributed by atoms with Gasteiger partial charge in [0, 0.05) is 28.9 Å². The molecule has 5 heteroatoms. The molecule has 1 saturated heterocycles. The number of hydrogen-bond acceptors (Lipinski definition) is 3. The van der Waals surface area contributed by atoms with E-state index in [1.54, 1.807) is 12.4 Å².